The number of carboxylic acids is 8. The molecule has 0 aliphatic heterocycles. The Balaban J connectivity index is -0.0000000652. The number of ketones is 2. The minimum Gasteiger partial charge on any atom is -0.550 e. The quantitative estimate of drug-likeness (QED) is 0.153. The molecule has 38 heteroatoms. The van der Waals surface area contributed by atoms with Gasteiger partial charge in [0.2, 0.25) is 0 Å². The summed E-state index contributed by atoms with van der Waals surface area (Å²) in [5.74, 6) is -8.62. The third-order valence-corrected chi connectivity index (χ3v) is 4.66. The molecular weight excluding hydrogens is 1700 g/mol. The van der Waals surface area contributed by atoms with Gasteiger partial charge in [0.1, 0.15) is 22.8 Å². The fourth-order valence-electron chi connectivity index (χ4n) is 3.40. The summed E-state index contributed by atoms with van der Waals surface area (Å²) in [6, 6.07) is 14.2. The Hall–Kier alpha value is -2.17. The zero-order valence-electron chi connectivity index (χ0n) is 41.2. The van der Waals surface area contributed by atoms with Crippen LogP contribution in [0.25, 0.3) is 22.8 Å². The maximum Gasteiger partial charge on any atom is 2.00 e. The summed E-state index contributed by atoms with van der Waals surface area (Å²) in [6.07, 6.45) is 6.71. The van der Waals surface area contributed by atoms with E-state index in [1.807, 2.05) is 0 Å². The second kappa shape index (κ2) is 69.3. The van der Waals surface area contributed by atoms with E-state index in [9.17, 15) is 9.59 Å². The molecule has 4 aromatic heterocycles. The molecule has 22 nitrogen and oxygen atoms in total. The van der Waals surface area contributed by atoms with Gasteiger partial charge in [0.15, 0.2) is 28.7 Å². The van der Waals surface area contributed by atoms with Crippen molar-refractivity contribution in [2.75, 3.05) is 0 Å². The molecule has 0 saturated carbocycles. The minimum absolute atomic E-state index is 0. The number of carbonyl (C=O) groups is 10. The summed E-state index contributed by atoms with van der Waals surface area (Å²) < 4.78 is -3.00. The Labute approximate surface area is 573 Å². The molecule has 2 aliphatic rings. The van der Waals surface area contributed by atoms with Crippen LogP contribution in [0.1, 0.15) is 87.2 Å². The number of aliphatic carboxylic acids is 8. The van der Waals surface area contributed by atoms with Crippen LogP contribution in [0.4, 0.5) is 0 Å². The third-order valence-electron chi connectivity index (χ3n) is 4.66. The molecular formula is C42H40Cl12N4O18Pd4. The Morgan fingerprint density at radius 2 is 0.388 bits per heavy atom. The van der Waals surface area contributed by atoms with Gasteiger partial charge in [-0.1, -0.05) is 139 Å². The van der Waals surface area contributed by atoms with Gasteiger partial charge in [-0.05, 0) is 104 Å². The van der Waals surface area contributed by atoms with Crippen molar-refractivity contribution >= 4 is 199 Å². The van der Waals surface area contributed by atoms with E-state index in [2.05, 4.69) is 19.9 Å². The van der Waals surface area contributed by atoms with E-state index >= 15 is 0 Å². The van der Waals surface area contributed by atoms with E-state index in [4.69, 9.17) is 218 Å². The molecule has 2 aliphatic carbocycles. The average Bonchev–Trinajstić information content (AvgIpc) is 3.66. The fraction of sp³-hybridized carbons (Fsp3) is 0.286. The van der Waals surface area contributed by atoms with E-state index < -0.39 is 64.9 Å². The fourth-order valence-corrected chi connectivity index (χ4v) is 3.40. The molecule has 0 N–H and O–H groups in total. The van der Waals surface area contributed by atoms with Crippen molar-refractivity contribution in [1.82, 2.24) is 19.9 Å². The molecule has 0 bridgehead atoms. The normalized spacial score (nSPS) is 8.65. The summed E-state index contributed by atoms with van der Waals surface area (Å²) in [4.78, 5) is 111. The van der Waals surface area contributed by atoms with Gasteiger partial charge in [-0.3, -0.25) is 29.5 Å². The van der Waals surface area contributed by atoms with Crippen LogP contribution in [0.3, 0.4) is 0 Å². The number of pyridine rings is 4. The standard InChI is InChI=1S/2C11H6N2O.8C2H4O2.4CHCl3.4Pd/c2*14-11-7-3-1-5-12-9(7)10-8(11)4-2-6-13-10;8*1-2(3)4;4*2-1(3)4;;;;/h2*1-6H;8*1H3,(H,3,4);4*1H;;;;/q;;;;;;;;;;;;;;4*+2/p-8. The zero-order chi connectivity index (χ0) is 62.0. The predicted molar refractivity (Wildman–Crippen MR) is 273 cm³/mol. The van der Waals surface area contributed by atoms with Gasteiger partial charge in [0.25, 0.3) is 0 Å². The van der Waals surface area contributed by atoms with Crippen LogP contribution < -0.4 is 40.9 Å². The minimum atomic E-state index is -1.08. The Morgan fingerprint density at radius 1 is 0.300 bits per heavy atom. The SMILES string of the molecule is CC(=O)[O-].CC(=O)[O-].CC(=O)[O-].CC(=O)[O-].CC(=O)[O-].CC(=O)[O-].CC(=O)[O-].CC(=O)[O-].ClC(Cl)Cl.ClC(Cl)Cl.ClC(Cl)Cl.ClC(Cl)Cl.O=C1c2cccnc2-c2ncccc21.O=C1c2cccnc2-c2ncccc21.[Pd+2].[Pd+2].[Pd+2].[Pd+2]. The van der Waals surface area contributed by atoms with E-state index in [0.717, 1.165) is 55.4 Å². The van der Waals surface area contributed by atoms with Crippen LogP contribution in [0.2, 0.25) is 0 Å². The molecule has 0 unspecified atom stereocenters. The second-order valence-electron chi connectivity index (χ2n) is 11.2. The zero-order valence-corrected chi connectivity index (χ0v) is 56.5. The van der Waals surface area contributed by atoms with Gasteiger partial charge in [0.05, 0.1) is 22.3 Å². The smallest absolute Gasteiger partial charge is 0.550 e. The number of halogens is 12. The number of rotatable bonds is 0. The van der Waals surface area contributed by atoms with Crippen molar-refractivity contribution in [2.24, 2.45) is 0 Å². The van der Waals surface area contributed by atoms with Crippen molar-refractivity contribution in [3.63, 3.8) is 0 Å². The number of aromatic nitrogens is 4. The van der Waals surface area contributed by atoms with Crippen LogP contribution in [0, 0.1) is 0 Å². The molecule has 0 fully saturated rings. The van der Waals surface area contributed by atoms with Gasteiger partial charge in [-0.25, -0.2) is 0 Å². The Bertz CT molecular complexity index is 1950. The number of alkyl halides is 12. The number of fused-ring (bicyclic) bond motifs is 6. The van der Waals surface area contributed by atoms with Gasteiger partial charge >= 0.3 is 81.7 Å². The van der Waals surface area contributed by atoms with Crippen LogP contribution >= 0.6 is 139 Å². The molecule has 6 rings (SSSR count). The van der Waals surface area contributed by atoms with Crippen LogP contribution in [0.15, 0.2) is 73.3 Å². The average molecular weight is 1740 g/mol. The first-order valence-corrected chi connectivity index (χ1v) is 23.8. The molecule has 0 aromatic carbocycles. The number of nitrogens with zero attached hydrogens (tertiary/aromatic N) is 4. The monoisotopic (exact) mass is 1730 g/mol. The van der Waals surface area contributed by atoms with Crippen LogP contribution in [-0.4, -0.2) is 96.4 Å². The van der Waals surface area contributed by atoms with Crippen LogP contribution in [-0.2, 0) is 120 Å². The van der Waals surface area contributed by atoms with Crippen molar-refractivity contribution in [3.05, 3.63) is 95.6 Å². The maximum absolute atomic E-state index is 11.8. The van der Waals surface area contributed by atoms with Gasteiger partial charge in [-0.15, -0.1) is 0 Å². The topological polar surface area (TPSA) is 407 Å². The summed E-state index contributed by atoms with van der Waals surface area (Å²) in [5, 5.41) is 71.1. The largest absolute Gasteiger partial charge is 2.00 e. The van der Waals surface area contributed by atoms with E-state index in [1.54, 1.807) is 73.3 Å². The molecule has 0 amide bonds. The van der Waals surface area contributed by atoms with E-state index in [-0.39, 0.29) is 93.3 Å². The first kappa shape index (κ1) is 106. The molecule has 4 aromatic rings. The summed E-state index contributed by atoms with van der Waals surface area (Å²) in [6.45, 7) is 7.78. The molecule has 0 atom stereocenters. The molecule has 460 valence electrons. The molecule has 0 saturated heterocycles. The van der Waals surface area contributed by atoms with Crippen molar-refractivity contribution < 1.29 is 170 Å². The molecule has 4 heterocycles. The van der Waals surface area contributed by atoms with E-state index in [1.165, 1.54) is 0 Å². The Morgan fingerprint density at radius 3 is 0.475 bits per heavy atom. The number of carbonyl (C=O) groups excluding carboxylic acids is 10. The summed E-state index contributed by atoms with van der Waals surface area (Å²) in [7, 11) is 0. The van der Waals surface area contributed by atoms with Crippen molar-refractivity contribution in [3.8, 4) is 22.8 Å². The second-order valence-corrected chi connectivity index (χ2v) is 19.1. The summed E-state index contributed by atoms with van der Waals surface area (Å²) in [5.41, 5.74) is 5.42. The Kier molecular flexibility index (Phi) is 91.9. The van der Waals surface area contributed by atoms with Gasteiger partial charge in [-0.2, -0.15) is 0 Å². The predicted octanol–water partition coefficient (Wildman–Crippen LogP) is 1.36. The van der Waals surface area contributed by atoms with Crippen molar-refractivity contribution in [1.29, 1.82) is 0 Å². The van der Waals surface area contributed by atoms with Crippen molar-refractivity contribution in [2.45, 2.75) is 72.6 Å². The molecule has 80 heavy (non-hydrogen) atoms. The third kappa shape index (κ3) is 98.0. The first-order valence-electron chi connectivity index (χ1n) is 18.5. The van der Waals surface area contributed by atoms with Gasteiger partial charge in [0, 0.05) is 72.5 Å². The number of hydrogen-bond acceptors (Lipinski definition) is 22. The number of hydrogen-bond donors (Lipinski definition) is 0. The molecule has 0 radical (unpaired) electrons. The first-order chi connectivity index (χ1) is 34.5. The summed E-state index contributed by atoms with van der Waals surface area (Å²) >= 11 is 57.7. The number of carboxylic acid groups (broad SMARTS) is 8. The van der Waals surface area contributed by atoms with Gasteiger partial charge < -0.3 is 79.2 Å². The van der Waals surface area contributed by atoms with Crippen LogP contribution in [0.5, 0.6) is 0 Å². The van der Waals surface area contributed by atoms with E-state index in [0.29, 0.717) is 45.0 Å². The molecule has 0 spiro atoms. The maximum atomic E-state index is 11.8.